The first-order valence-electron chi connectivity index (χ1n) is 9.96. The second-order valence-electron chi connectivity index (χ2n) is 8.31. The third-order valence-electron chi connectivity index (χ3n) is 7.04. The number of nitrogens with zero attached hydrogens (tertiary/aromatic N) is 2. The Hall–Kier alpha value is -2.77. The first-order valence-corrected chi connectivity index (χ1v) is 10.3. The highest BCUT2D eigenvalue weighted by Crippen LogP contribution is 2.60. The van der Waals surface area contributed by atoms with E-state index in [4.69, 9.17) is 11.6 Å². The molecule has 3 fully saturated rings. The molecular weight excluding hydrogens is 409 g/mol. The third kappa shape index (κ3) is 1.99. The molecule has 0 radical (unpaired) electrons. The summed E-state index contributed by atoms with van der Waals surface area (Å²) in [5.41, 5.74) is 0.0160. The molecule has 0 aromatic heterocycles. The molecule has 4 atom stereocenters. The van der Waals surface area contributed by atoms with Crippen LogP contribution in [0.15, 0.2) is 42.5 Å². The van der Waals surface area contributed by atoms with Crippen molar-refractivity contribution in [1.82, 2.24) is 4.90 Å². The van der Waals surface area contributed by atoms with Gasteiger partial charge in [0.25, 0.3) is 0 Å². The number of amides is 3. The van der Waals surface area contributed by atoms with Gasteiger partial charge in [0.15, 0.2) is 0 Å². The van der Waals surface area contributed by atoms with Crippen molar-refractivity contribution >= 4 is 40.7 Å². The Morgan fingerprint density at radius 2 is 1.83 bits per heavy atom. The van der Waals surface area contributed by atoms with Gasteiger partial charge in [-0.25, -0.2) is 9.29 Å². The number of halogens is 2. The topological polar surface area (TPSA) is 69.7 Å². The molecule has 4 aliphatic heterocycles. The lowest BCUT2D eigenvalue weighted by atomic mass is 9.75. The van der Waals surface area contributed by atoms with Crippen molar-refractivity contribution in [2.75, 3.05) is 16.8 Å². The van der Waals surface area contributed by atoms with Crippen molar-refractivity contribution in [2.45, 2.75) is 24.4 Å². The zero-order valence-electron chi connectivity index (χ0n) is 15.8. The highest BCUT2D eigenvalue weighted by Gasteiger charge is 2.74. The minimum Gasteiger partial charge on any atom is -0.324 e. The number of carbonyl (C=O) groups is 3. The molecule has 4 aliphatic rings. The van der Waals surface area contributed by atoms with E-state index in [1.54, 1.807) is 24.3 Å². The number of imide groups is 1. The Bertz CT molecular complexity index is 1140. The van der Waals surface area contributed by atoms with Crippen molar-refractivity contribution in [3.8, 4) is 0 Å². The van der Waals surface area contributed by atoms with Crippen LogP contribution in [-0.2, 0) is 19.9 Å². The van der Waals surface area contributed by atoms with Crippen LogP contribution in [0.3, 0.4) is 0 Å². The van der Waals surface area contributed by atoms with Crippen molar-refractivity contribution in [3.63, 3.8) is 0 Å². The summed E-state index contributed by atoms with van der Waals surface area (Å²) < 4.78 is 14.2. The standard InChI is InChI=1S/C22H17ClFN3O3/c23-11-3-6-13(7-4-11)27-19(28)17-16-2-1-9-26(16)22(18(17)20(27)29)14-10-12(24)5-8-15(14)25-21(22)30/h3-8,10,16-18H,1-2,9H2,(H,25,30)/t16-,17+,18+,22-/m0/s1. The molecule has 30 heavy (non-hydrogen) atoms. The highest BCUT2D eigenvalue weighted by molar-refractivity contribution is 6.31. The first kappa shape index (κ1) is 18.0. The molecular formula is C22H17ClFN3O3. The number of rotatable bonds is 1. The van der Waals surface area contributed by atoms with Gasteiger partial charge in [0.1, 0.15) is 11.4 Å². The van der Waals surface area contributed by atoms with Crippen LogP contribution in [0.5, 0.6) is 0 Å². The molecule has 6 rings (SSSR count). The lowest BCUT2D eigenvalue weighted by Crippen LogP contribution is -2.54. The van der Waals surface area contributed by atoms with Crippen LogP contribution >= 0.6 is 11.6 Å². The Balaban J connectivity index is 1.56. The van der Waals surface area contributed by atoms with Crippen LogP contribution in [0.2, 0.25) is 5.02 Å². The SMILES string of the molecule is O=C1[C@@H]2[C@@H]3CCCN3[C@]3(C(=O)Nc4ccc(F)cc43)[C@H]2C(=O)N1c1ccc(Cl)cc1. The highest BCUT2D eigenvalue weighted by atomic mass is 35.5. The monoisotopic (exact) mass is 425 g/mol. The molecule has 2 aromatic carbocycles. The molecule has 8 heteroatoms. The Morgan fingerprint density at radius 3 is 2.60 bits per heavy atom. The second-order valence-corrected chi connectivity index (χ2v) is 8.74. The van der Waals surface area contributed by atoms with Crippen molar-refractivity contribution in [3.05, 3.63) is 58.9 Å². The van der Waals surface area contributed by atoms with Gasteiger partial charge in [-0.2, -0.15) is 0 Å². The average molecular weight is 426 g/mol. The van der Waals surface area contributed by atoms with Gasteiger partial charge in [-0.1, -0.05) is 11.6 Å². The van der Waals surface area contributed by atoms with Crippen LogP contribution < -0.4 is 10.2 Å². The van der Waals surface area contributed by atoms with Gasteiger partial charge in [-0.3, -0.25) is 19.3 Å². The lowest BCUT2D eigenvalue weighted by molar-refractivity contribution is -0.135. The number of hydrogen-bond donors (Lipinski definition) is 1. The van der Waals surface area contributed by atoms with E-state index < -0.39 is 29.1 Å². The molecule has 0 aliphatic carbocycles. The van der Waals surface area contributed by atoms with Crippen LogP contribution in [-0.4, -0.2) is 35.2 Å². The van der Waals surface area contributed by atoms with Gasteiger partial charge in [0, 0.05) is 22.3 Å². The van der Waals surface area contributed by atoms with Gasteiger partial charge >= 0.3 is 0 Å². The third-order valence-corrected chi connectivity index (χ3v) is 7.29. The second kappa shape index (κ2) is 5.89. The molecule has 0 unspecified atom stereocenters. The van der Waals surface area contributed by atoms with Crippen molar-refractivity contribution < 1.29 is 18.8 Å². The fourth-order valence-electron chi connectivity index (χ4n) is 6.02. The van der Waals surface area contributed by atoms with Crippen molar-refractivity contribution in [1.29, 1.82) is 0 Å². The zero-order valence-corrected chi connectivity index (χ0v) is 16.5. The Labute approximate surface area is 176 Å². The fraction of sp³-hybridized carbons (Fsp3) is 0.318. The van der Waals surface area contributed by atoms with Gasteiger partial charge < -0.3 is 5.32 Å². The maximum atomic E-state index is 14.2. The minimum atomic E-state index is -1.36. The number of benzene rings is 2. The number of fused-ring (bicyclic) bond motifs is 7. The van der Waals surface area contributed by atoms with E-state index in [1.165, 1.54) is 23.1 Å². The quantitative estimate of drug-likeness (QED) is 0.713. The minimum absolute atomic E-state index is 0.233. The summed E-state index contributed by atoms with van der Waals surface area (Å²) in [6.07, 6.45) is 1.53. The predicted octanol–water partition coefficient (Wildman–Crippen LogP) is 2.91. The van der Waals surface area contributed by atoms with E-state index in [2.05, 4.69) is 5.32 Å². The van der Waals surface area contributed by atoms with Gasteiger partial charge in [0.05, 0.1) is 17.5 Å². The van der Waals surface area contributed by atoms with E-state index >= 15 is 0 Å². The normalized spacial score (nSPS) is 32.0. The van der Waals surface area contributed by atoms with Gasteiger partial charge in [-0.15, -0.1) is 0 Å². The fourth-order valence-corrected chi connectivity index (χ4v) is 6.15. The summed E-state index contributed by atoms with van der Waals surface area (Å²) in [7, 11) is 0. The summed E-state index contributed by atoms with van der Waals surface area (Å²) >= 11 is 5.97. The molecule has 0 bridgehead atoms. The zero-order chi connectivity index (χ0) is 20.8. The number of anilines is 2. The number of nitrogens with one attached hydrogen (secondary N) is 1. The number of hydrogen-bond acceptors (Lipinski definition) is 4. The van der Waals surface area contributed by atoms with Crippen LogP contribution in [0.25, 0.3) is 0 Å². The maximum Gasteiger partial charge on any atom is 0.250 e. The van der Waals surface area contributed by atoms with Crippen LogP contribution in [0, 0.1) is 17.7 Å². The predicted molar refractivity (Wildman–Crippen MR) is 107 cm³/mol. The van der Waals surface area contributed by atoms with E-state index in [0.29, 0.717) is 34.9 Å². The summed E-state index contributed by atoms with van der Waals surface area (Å²) in [6, 6.07) is 10.4. The molecule has 4 heterocycles. The molecule has 2 aromatic rings. The van der Waals surface area contributed by atoms with Crippen LogP contribution in [0.4, 0.5) is 15.8 Å². The summed E-state index contributed by atoms with van der Waals surface area (Å²) in [6.45, 7) is 0.586. The molecule has 0 saturated carbocycles. The molecule has 3 amide bonds. The first-order chi connectivity index (χ1) is 14.4. The molecule has 152 valence electrons. The van der Waals surface area contributed by atoms with E-state index in [1.807, 2.05) is 4.90 Å². The van der Waals surface area contributed by atoms with E-state index in [-0.39, 0.29) is 17.9 Å². The molecule has 1 N–H and O–H groups in total. The van der Waals surface area contributed by atoms with Crippen molar-refractivity contribution in [2.24, 2.45) is 11.8 Å². The molecule has 3 saturated heterocycles. The summed E-state index contributed by atoms with van der Waals surface area (Å²) in [5.74, 6) is -3.10. The number of carbonyl (C=O) groups excluding carboxylic acids is 3. The maximum absolute atomic E-state index is 14.2. The average Bonchev–Trinajstić information content (AvgIpc) is 3.42. The Morgan fingerprint density at radius 1 is 1.07 bits per heavy atom. The Kier molecular flexibility index (Phi) is 3.54. The summed E-state index contributed by atoms with van der Waals surface area (Å²) in [5, 5.41) is 3.33. The largest absolute Gasteiger partial charge is 0.324 e. The lowest BCUT2D eigenvalue weighted by Gasteiger charge is -2.36. The molecule has 6 nitrogen and oxygen atoms in total. The smallest absolute Gasteiger partial charge is 0.250 e. The van der Waals surface area contributed by atoms with E-state index in [9.17, 15) is 18.8 Å². The van der Waals surface area contributed by atoms with Crippen LogP contribution in [0.1, 0.15) is 18.4 Å². The van der Waals surface area contributed by atoms with Gasteiger partial charge in [-0.05, 0) is 61.9 Å². The molecule has 1 spiro atoms. The summed E-state index contributed by atoms with van der Waals surface area (Å²) in [4.78, 5) is 43.7. The van der Waals surface area contributed by atoms with Gasteiger partial charge in [0.2, 0.25) is 17.7 Å². The van der Waals surface area contributed by atoms with E-state index in [0.717, 1.165) is 6.42 Å².